The standard InChI is InChI=1S/C65H55NO4/c1-4-6-28-49(5-2)65(50-29-14-9-15-30-50)57-33-19-18-32-54(57)55-39-38-52(42-58(55)65)66(51-36-34-46(35-37-51)53-31-17-16-21-43(53)3)60-63(69)61(67)59(62(68)64(60)70)48-27-20-26-47(41-48)56(45-24-12-8-13-25-45)40-44-22-10-7-11-23-44/h4-20,22,24,26-43,67-70H,1,21,23,25H2,2-3H3/b28-6-,44-40-,49-5+,56-45+/t43-,65?/m1/s1. The van der Waals surface area contributed by atoms with Gasteiger partial charge in [0.2, 0.25) is 0 Å². The number of aromatic hydroxyl groups is 4. The third-order valence-corrected chi connectivity index (χ3v) is 14.1. The molecule has 344 valence electrons. The third kappa shape index (κ3) is 7.89. The molecule has 6 aromatic carbocycles. The molecule has 5 heteroatoms. The van der Waals surface area contributed by atoms with Crippen LogP contribution in [0.1, 0.15) is 60.9 Å². The molecule has 0 fully saturated rings. The Bertz CT molecular complexity index is 3340. The van der Waals surface area contributed by atoms with Gasteiger partial charge in [0.25, 0.3) is 0 Å². The summed E-state index contributed by atoms with van der Waals surface area (Å²) in [5.41, 5.74) is 13.2. The predicted molar refractivity (Wildman–Crippen MR) is 290 cm³/mol. The first-order valence-corrected chi connectivity index (χ1v) is 24.0. The van der Waals surface area contributed by atoms with Crippen molar-refractivity contribution >= 4 is 28.2 Å². The highest BCUT2D eigenvalue weighted by Gasteiger charge is 2.47. The number of allylic oxidation sites excluding steroid dienone is 21. The van der Waals surface area contributed by atoms with E-state index in [1.165, 1.54) is 5.57 Å². The number of nitrogens with zero attached hydrogens (tertiary/aromatic N) is 1. The van der Waals surface area contributed by atoms with Gasteiger partial charge in [0.05, 0.1) is 11.0 Å². The summed E-state index contributed by atoms with van der Waals surface area (Å²) >= 11 is 0. The first kappa shape index (κ1) is 45.3. The maximum absolute atomic E-state index is 12.5. The Hall–Kier alpha value is -8.54. The molecule has 10 rings (SSSR count). The van der Waals surface area contributed by atoms with Crippen molar-refractivity contribution in [3.8, 4) is 45.3 Å². The number of fused-ring (bicyclic) bond motifs is 3. The molecule has 0 radical (unpaired) electrons. The molecule has 0 heterocycles. The molecule has 70 heavy (non-hydrogen) atoms. The highest BCUT2D eigenvalue weighted by molar-refractivity contribution is 5.97. The van der Waals surface area contributed by atoms with Gasteiger partial charge < -0.3 is 25.3 Å². The third-order valence-electron chi connectivity index (χ3n) is 14.1. The lowest BCUT2D eigenvalue weighted by Gasteiger charge is -2.36. The topological polar surface area (TPSA) is 84.2 Å². The summed E-state index contributed by atoms with van der Waals surface area (Å²) in [4.78, 5) is 1.73. The van der Waals surface area contributed by atoms with E-state index in [0.717, 1.165) is 80.5 Å². The van der Waals surface area contributed by atoms with Crippen molar-refractivity contribution in [2.75, 3.05) is 4.90 Å². The van der Waals surface area contributed by atoms with Gasteiger partial charge in [-0.1, -0.05) is 202 Å². The van der Waals surface area contributed by atoms with Crippen molar-refractivity contribution < 1.29 is 20.4 Å². The zero-order valence-corrected chi connectivity index (χ0v) is 39.4. The van der Waals surface area contributed by atoms with Gasteiger partial charge in [0.1, 0.15) is 5.69 Å². The van der Waals surface area contributed by atoms with Gasteiger partial charge in [-0.2, -0.15) is 0 Å². The maximum atomic E-state index is 12.5. The predicted octanol–water partition coefficient (Wildman–Crippen LogP) is 16.3. The first-order chi connectivity index (χ1) is 34.2. The highest BCUT2D eigenvalue weighted by Crippen LogP contribution is 2.61. The van der Waals surface area contributed by atoms with E-state index in [-0.39, 0.29) is 11.3 Å². The Morgan fingerprint density at radius 1 is 0.657 bits per heavy atom. The number of phenols is 4. The van der Waals surface area contributed by atoms with Crippen molar-refractivity contribution in [3.05, 3.63) is 270 Å². The smallest absolute Gasteiger partial charge is 0.186 e. The molecule has 0 aromatic heterocycles. The van der Waals surface area contributed by atoms with Crippen molar-refractivity contribution in [2.24, 2.45) is 5.92 Å². The molecule has 4 N–H and O–H groups in total. The summed E-state index contributed by atoms with van der Waals surface area (Å²) in [7, 11) is 0. The number of phenolic OH excluding ortho intramolecular Hbond substituents is 4. The Labute approximate surface area is 411 Å². The number of anilines is 3. The van der Waals surface area contributed by atoms with Crippen molar-refractivity contribution in [3.63, 3.8) is 0 Å². The van der Waals surface area contributed by atoms with Crippen LogP contribution in [0.5, 0.6) is 23.0 Å². The van der Waals surface area contributed by atoms with E-state index >= 15 is 0 Å². The molecule has 2 atom stereocenters. The maximum Gasteiger partial charge on any atom is 0.186 e. The summed E-state index contributed by atoms with van der Waals surface area (Å²) in [6.07, 6.45) is 35.6. The highest BCUT2D eigenvalue weighted by atomic mass is 16.3. The lowest BCUT2D eigenvalue weighted by atomic mass is 9.67. The van der Waals surface area contributed by atoms with E-state index < -0.39 is 28.4 Å². The zero-order chi connectivity index (χ0) is 48.4. The Kier molecular flexibility index (Phi) is 12.4. The molecule has 0 bridgehead atoms. The molecule has 4 aliphatic carbocycles. The summed E-state index contributed by atoms with van der Waals surface area (Å²) in [5, 5.41) is 49.6. The molecule has 0 spiro atoms. The normalized spacial score (nSPS) is 19.3. The van der Waals surface area contributed by atoms with Crippen LogP contribution in [-0.4, -0.2) is 20.4 Å². The SMILES string of the molecule is C=C/C=C\C(=C/C)C1(c2ccccc2)c2ccccc2-c2ccc(N(c3ccc(C4=CC=CC[C@H]4C)cc3)c3c(O)c(O)c(-c4cccc(C(/C=C5/C=CC=CC5)=C5\C=CC=CC5)c4)c(O)c3O)cc21. The monoisotopic (exact) mass is 913 g/mol. The second kappa shape index (κ2) is 19.2. The van der Waals surface area contributed by atoms with Crippen LogP contribution in [0.4, 0.5) is 17.1 Å². The molecule has 1 unspecified atom stereocenters. The molecule has 0 saturated heterocycles. The van der Waals surface area contributed by atoms with Gasteiger partial charge in [-0.3, -0.25) is 0 Å². The van der Waals surface area contributed by atoms with E-state index in [1.54, 1.807) is 17.0 Å². The average Bonchev–Trinajstić information content (AvgIpc) is 3.70. The van der Waals surface area contributed by atoms with E-state index in [4.69, 9.17) is 0 Å². The summed E-state index contributed by atoms with van der Waals surface area (Å²) in [5.74, 6) is -1.99. The molecular weight excluding hydrogens is 859 g/mol. The quantitative estimate of drug-likeness (QED) is 0.0591. The Morgan fingerprint density at radius 2 is 1.37 bits per heavy atom. The van der Waals surface area contributed by atoms with E-state index in [0.29, 0.717) is 22.9 Å². The van der Waals surface area contributed by atoms with E-state index in [9.17, 15) is 20.4 Å². The first-order valence-electron chi connectivity index (χ1n) is 24.0. The van der Waals surface area contributed by atoms with Crippen molar-refractivity contribution in [2.45, 2.75) is 38.5 Å². The molecule has 0 saturated carbocycles. The van der Waals surface area contributed by atoms with E-state index in [1.807, 2.05) is 91.9 Å². The van der Waals surface area contributed by atoms with Crippen LogP contribution in [0.25, 0.3) is 33.4 Å². The second-order valence-corrected chi connectivity index (χ2v) is 18.1. The number of hydrogen-bond acceptors (Lipinski definition) is 5. The summed E-state index contributed by atoms with van der Waals surface area (Å²) < 4.78 is 0. The minimum Gasteiger partial charge on any atom is -0.504 e. The van der Waals surface area contributed by atoms with Gasteiger partial charge in [0.15, 0.2) is 23.0 Å². The van der Waals surface area contributed by atoms with Crippen molar-refractivity contribution in [1.29, 1.82) is 0 Å². The minimum atomic E-state index is -0.787. The fraction of sp³-hybridized carbons (Fsp3) is 0.108. The van der Waals surface area contributed by atoms with E-state index in [2.05, 4.69) is 135 Å². The Balaban J connectivity index is 1.18. The lowest BCUT2D eigenvalue weighted by molar-refractivity contribution is 0.377. The second-order valence-electron chi connectivity index (χ2n) is 18.1. The molecule has 5 nitrogen and oxygen atoms in total. The van der Waals surface area contributed by atoms with Crippen LogP contribution in [-0.2, 0) is 5.41 Å². The minimum absolute atomic E-state index is 0.0852. The van der Waals surface area contributed by atoms with Gasteiger partial charge in [-0.05, 0) is 135 Å². The summed E-state index contributed by atoms with van der Waals surface area (Å²) in [6, 6.07) is 40.6. The zero-order valence-electron chi connectivity index (χ0n) is 39.4. The number of benzene rings is 6. The van der Waals surface area contributed by atoms with Crippen LogP contribution >= 0.6 is 0 Å². The lowest BCUT2D eigenvalue weighted by Crippen LogP contribution is -2.29. The van der Waals surface area contributed by atoms with Crippen LogP contribution < -0.4 is 4.90 Å². The van der Waals surface area contributed by atoms with Gasteiger partial charge in [0, 0.05) is 11.4 Å². The molecule has 6 aromatic rings. The Morgan fingerprint density at radius 3 is 2.07 bits per heavy atom. The van der Waals surface area contributed by atoms with Crippen LogP contribution in [0.3, 0.4) is 0 Å². The van der Waals surface area contributed by atoms with Crippen LogP contribution in [0.15, 0.2) is 242 Å². The molecule has 0 amide bonds. The fourth-order valence-electron chi connectivity index (χ4n) is 10.7. The van der Waals surface area contributed by atoms with Crippen LogP contribution in [0, 0.1) is 5.92 Å². The summed E-state index contributed by atoms with van der Waals surface area (Å²) in [6.45, 7) is 8.26. The average molecular weight is 914 g/mol. The molecule has 0 aliphatic heterocycles. The molecule has 4 aliphatic rings. The van der Waals surface area contributed by atoms with Gasteiger partial charge in [-0.25, -0.2) is 0 Å². The molecular formula is C65H55NO4. The van der Waals surface area contributed by atoms with Gasteiger partial charge in [-0.15, -0.1) is 0 Å². The van der Waals surface area contributed by atoms with Gasteiger partial charge >= 0.3 is 0 Å². The largest absolute Gasteiger partial charge is 0.504 e. The number of rotatable bonds is 11. The fourth-order valence-corrected chi connectivity index (χ4v) is 10.7. The van der Waals surface area contributed by atoms with Crippen LogP contribution in [0.2, 0.25) is 0 Å². The number of hydrogen-bond donors (Lipinski definition) is 4. The van der Waals surface area contributed by atoms with Crippen molar-refractivity contribution in [1.82, 2.24) is 0 Å².